The molecule has 0 amide bonds. The van der Waals surface area contributed by atoms with Gasteiger partial charge in [-0.2, -0.15) is 0 Å². The number of ether oxygens (including phenoxy) is 1. The van der Waals surface area contributed by atoms with Crippen LogP contribution in [0.3, 0.4) is 0 Å². The Morgan fingerprint density at radius 2 is 1.78 bits per heavy atom. The Morgan fingerprint density at radius 1 is 1.09 bits per heavy atom. The lowest BCUT2D eigenvalue weighted by molar-refractivity contribution is 0.0562. The smallest absolute Gasteiger partial charge is 0.374 e. The standard InChI is InChI=1S/C19H19O3P/c1-19(2,3)16-15(17(20)21-4)22-18(23-16)14-10-9-12-7-5-6-8-13(12)11-14/h5-11H,1-4H3. The van der Waals surface area contributed by atoms with E-state index in [1.807, 2.05) is 18.2 Å². The maximum Gasteiger partial charge on any atom is 0.374 e. The average molecular weight is 326 g/mol. The van der Waals surface area contributed by atoms with Gasteiger partial charge in [0.1, 0.15) is 0 Å². The van der Waals surface area contributed by atoms with Crippen molar-refractivity contribution in [2.24, 2.45) is 0 Å². The minimum atomic E-state index is -0.418. The largest absolute Gasteiger partial charge is 0.463 e. The lowest BCUT2D eigenvalue weighted by Crippen LogP contribution is -2.14. The molecule has 0 aliphatic heterocycles. The molecule has 0 unspecified atom stereocenters. The molecule has 0 spiro atoms. The van der Waals surface area contributed by atoms with Crippen molar-refractivity contribution in [2.75, 3.05) is 7.11 Å². The minimum Gasteiger partial charge on any atom is -0.463 e. The zero-order chi connectivity index (χ0) is 16.6. The molecule has 0 bridgehead atoms. The van der Waals surface area contributed by atoms with Crippen LogP contribution in [0.4, 0.5) is 0 Å². The molecule has 1 aromatic heterocycles. The van der Waals surface area contributed by atoms with Gasteiger partial charge in [-0.05, 0) is 30.4 Å². The third-order valence-corrected chi connectivity index (χ3v) is 5.35. The molecule has 118 valence electrons. The highest BCUT2D eigenvalue weighted by Crippen LogP contribution is 2.43. The molecule has 0 aliphatic rings. The van der Waals surface area contributed by atoms with E-state index in [1.165, 1.54) is 12.5 Å². The predicted octanol–water partition coefficient (Wildman–Crippen LogP) is 5.76. The van der Waals surface area contributed by atoms with Crippen molar-refractivity contribution in [2.45, 2.75) is 26.2 Å². The summed E-state index contributed by atoms with van der Waals surface area (Å²) in [6.07, 6.45) is 0. The van der Waals surface area contributed by atoms with E-state index in [-0.39, 0.29) is 5.41 Å². The van der Waals surface area contributed by atoms with E-state index in [0.717, 1.165) is 29.9 Å². The van der Waals surface area contributed by atoms with Crippen LogP contribution in [0.5, 0.6) is 0 Å². The van der Waals surface area contributed by atoms with Gasteiger partial charge >= 0.3 is 5.97 Å². The van der Waals surface area contributed by atoms with Gasteiger partial charge in [0.15, 0.2) is 5.49 Å². The van der Waals surface area contributed by atoms with Crippen LogP contribution in [-0.2, 0) is 10.2 Å². The van der Waals surface area contributed by atoms with E-state index < -0.39 is 5.97 Å². The summed E-state index contributed by atoms with van der Waals surface area (Å²) in [6.45, 7) is 6.22. The predicted molar refractivity (Wildman–Crippen MR) is 94.2 cm³/mol. The van der Waals surface area contributed by atoms with Gasteiger partial charge in [-0.25, -0.2) is 4.79 Å². The Balaban J connectivity index is 2.15. The summed E-state index contributed by atoms with van der Waals surface area (Å²) in [6, 6.07) is 14.4. The van der Waals surface area contributed by atoms with Crippen molar-refractivity contribution in [3.05, 3.63) is 53.5 Å². The summed E-state index contributed by atoms with van der Waals surface area (Å²) in [5.74, 6) is -0.0944. The van der Waals surface area contributed by atoms with E-state index >= 15 is 0 Å². The molecule has 0 atom stereocenters. The second kappa shape index (κ2) is 5.82. The summed E-state index contributed by atoms with van der Waals surface area (Å²) >= 11 is 0. The summed E-state index contributed by atoms with van der Waals surface area (Å²) in [5, 5.41) is 3.29. The Labute approximate surface area is 137 Å². The van der Waals surface area contributed by atoms with E-state index in [1.54, 1.807) is 0 Å². The summed E-state index contributed by atoms with van der Waals surface area (Å²) in [5.41, 5.74) is 1.61. The molecule has 0 radical (unpaired) electrons. The van der Waals surface area contributed by atoms with Crippen LogP contribution < -0.4 is 0 Å². The highest BCUT2D eigenvalue weighted by Gasteiger charge is 2.28. The molecule has 0 saturated carbocycles. The number of methoxy groups -OCH3 is 1. The fraction of sp³-hybridized carbons (Fsp3) is 0.263. The van der Waals surface area contributed by atoms with Crippen LogP contribution in [0, 0.1) is 0 Å². The molecule has 23 heavy (non-hydrogen) atoms. The Bertz CT molecular complexity index is 872. The van der Waals surface area contributed by atoms with Crippen LogP contribution in [0.25, 0.3) is 21.8 Å². The van der Waals surface area contributed by atoms with E-state index in [4.69, 9.17) is 9.15 Å². The second-order valence-corrected chi connectivity index (χ2v) is 7.58. The molecule has 3 aromatic rings. The van der Waals surface area contributed by atoms with E-state index in [9.17, 15) is 4.79 Å². The summed E-state index contributed by atoms with van der Waals surface area (Å²) in [4.78, 5) is 12.0. The Hall–Kier alpha value is -2.12. The molecular formula is C19H19O3P. The molecule has 2 aromatic carbocycles. The van der Waals surface area contributed by atoms with Gasteiger partial charge in [-0.3, -0.25) is 0 Å². The van der Waals surface area contributed by atoms with Gasteiger partial charge in [0.2, 0.25) is 5.76 Å². The number of hydrogen-bond acceptors (Lipinski definition) is 3. The number of esters is 1. The third-order valence-electron chi connectivity index (χ3n) is 3.70. The number of rotatable bonds is 2. The number of hydrogen-bond donors (Lipinski definition) is 0. The molecule has 0 aliphatic carbocycles. The van der Waals surface area contributed by atoms with Crippen LogP contribution >= 0.6 is 8.19 Å². The zero-order valence-corrected chi connectivity index (χ0v) is 14.6. The van der Waals surface area contributed by atoms with Crippen LogP contribution in [0.15, 0.2) is 46.9 Å². The maximum atomic E-state index is 12.0. The first-order chi connectivity index (χ1) is 10.9. The fourth-order valence-electron chi connectivity index (χ4n) is 2.51. The van der Waals surface area contributed by atoms with Gasteiger partial charge < -0.3 is 9.15 Å². The molecule has 3 rings (SSSR count). The second-order valence-electron chi connectivity index (χ2n) is 6.50. The molecule has 0 fully saturated rings. The number of carbonyl (C=O) groups excluding carboxylic acids is 1. The third kappa shape index (κ3) is 3.02. The summed E-state index contributed by atoms with van der Waals surface area (Å²) in [7, 11) is 2.30. The van der Waals surface area contributed by atoms with Gasteiger partial charge in [-0.1, -0.05) is 57.2 Å². The number of fused-ring (bicyclic) bond motifs is 1. The van der Waals surface area contributed by atoms with Crippen LogP contribution in [0.1, 0.15) is 36.6 Å². The molecule has 0 N–H and O–H groups in total. The minimum absolute atomic E-state index is 0.163. The molecule has 3 nitrogen and oxygen atoms in total. The average Bonchev–Trinajstić information content (AvgIpc) is 2.99. The fourth-order valence-corrected chi connectivity index (χ4v) is 3.69. The van der Waals surface area contributed by atoms with E-state index in [2.05, 4.69) is 45.0 Å². The highest BCUT2D eigenvalue weighted by molar-refractivity contribution is 7.34. The SMILES string of the molecule is COC(=O)c1oc(-c2ccc3ccccc3c2)pc1C(C)(C)C. The van der Waals surface area contributed by atoms with Crippen molar-refractivity contribution in [1.29, 1.82) is 0 Å². The number of carbonyl (C=O) groups is 1. The van der Waals surface area contributed by atoms with Crippen molar-refractivity contribution in [1.82, 2.24) is 0 Å². The topological polar surface area (TPSA) is 39.4 Å². The Morgan fingerprint density at radius 3 is 2.43 bits per heavy atom. The van der Waals surface area contributed by atoms with Crippen molar-refractivity contribution in [3.8, 4) is 11.1 Å². The monoisotopic (exact) mass is 326 g/mol. The normalized spacial score (nSPS) is 12.0. The lowest BCUT2D eigenvalue weighted by Gasteiger charge is -2.16. The van der Waals surface area contributed by atoms with Crippen LogP contribution in [0.2, 0.25) is 0 Å². The Kier molecular flexibility index (Phi) is 3.99. The molecular weight excluding hydrogens is 307 g/mol. The van der Waals surface area contributed by atoms with Gasteiger partial charge in [0.05, 0.1) is 7.11 Å². The molecule has 4 heteroatoms. The van der Waals surface area contributed by atoms with Gasteiger partial charge in [-0.15, -0.1) is 0 Å². The van der Waals surface area contributed by atoms with Crippen molar-refractivity contribution in [3.63, 3.8) is 0 Å². The van der Waals surface area contributed by atoms with Gasteiger partial charge in [0, 0.05) is 10.9 Å². The maximum absolute atomic E-state index is 12.0. The molecule has 1 heterocycles. The first-order valence-electron chi connectivity index (χ1n) is 7.49. The van der Waals surface area contributed by atoms with Crippen LogP contribution in [-0.4, -0.2) is 13.1 Å². The first-order valence-corrected chi connectivity index (χ1v) is 8.38. The molecule has 0 saturated heterocycles. The van der Waals surface area contributed by atoms with Crippen molar-refractivity contribution < 1.29 is 13.9 Å². The zero-order valence-electron chi connectivity index (χ0n) is 13.7. The quantitative estimate of drug-likeness (QED) is 0.562. The number of benzene rings is 2. The van der Waals surface area contributed by atoms with E-state index in [0.29, 0.717) is 5.76 Å². The van der Waals surface area contributed by atoms with Gasteiger partial charge in [0.25, 0.3) is 0 Å². The lowest BCUT2D eigenvalue weighted by atomic mass is 9.93. The van der Waals surface area contributed by atoms with Crippen molar-refractivity contribution >= 4 is 24.9 Å². The first kappa shape index (κ1) is 15.8. The summed E-state index contributed by atoms with van der Waals surface area (Å²) < 4.78 is 10.8. The highest BCUT2D eigenvalue weighted by atomic mass is 31.0.